The first-order chi connectivity index (χ1) is 12.5. The van der Waals surface area contributed by atoms with E-state index in [1.54, 1.807) is 11.8 Å². The average Bonchev–Trinajstić information content (AvgIpc) is 2.64. The molecular formula is C20H30ClNO4. The quantitative estimate of drug-likeness (QED) is 0.407. The number of carbonyl (C=O) groups excluding carboxylic acids is 2. The number of aryl methyl sites for hydroxylation is 1. The number of ether oxygens (including phenoxy) is 2. The second kappa shape index (κ2) is 12.7. The largest absolute Gasteiger partial charge is 0.469 e. The van der Waals surface area contributed by atoms with Gasteiger partial charge in [0.2, 0.25) is 5.91 Å². The summed E-state index contributed by atoms with van der Waals surface area (Å²) in [7, 11) is 1.37. The number of hydrogen-bond donors (Lipinski definition) is 0. The van der Waals surface area contributed by atoms with Gasteiger partial charge >= 0.3 is 5.97 Å². The van der Waals surface area contributed by atoms with Crippen LogP contribution >= 0.6 is 11.6 Å². The number of benzene rings is 1. The number of carbonyl (C=O) groups is 2. The van der Waals surface area contributed by atoms with Crippen molar-refractivity contribution >= 4 is 23.5 Å². The molecule has 0 bridgehead atoms. The first-order valence-electron chi connectivity index (χ1n) is 9.15. The van der Waals surface area contributed by atoms with Crippen LogP contribution in [0.5, 0.6) is 0 Å². The van der Waals surface area contributed by atoms with Crippen molar-refractivity contribution in [2.75, 3.05) is 33.4 Å². The Bertz CT molecular complexity index is 547. The van der Waals surface area contributed by atoms with Crippen molar-refractivity contribution in [1.29, 1.82) is 0 Å². The minimum Gasteiger partial charge on any atom is -0.469 e. The van der Waals surface area contributed by atoms with Crippen LogP contribution in [-0.2, 0) is 25.5 Å². The maximum absolute atomic E-state index is 12.6. The van der Waals surface area contributed by atoms with Gasteiger partial charge in [-0.3, -0.25) is 9.59 Å². The van der Waals surface area contributed by atoms with Gasteiger partial charge in [0.1, 0.15) is 0 Å². The Morgan fingerprint density at radius 2 is 1.88 bits per heavy atom. The molecule has 0 aliphatic rings. The molecule has 0 heterocycles. The molecule has 1 aromatic rings. The summed E-state index contributed by atoms with van der Waals surface area (Å²) in [5, 5.41) is 0.710. The van der Waals surface area contributed by atoms with Gasteiger partial charge in [0.05, 0.1) is 13.0 Å². The lowest BCUT2D eigenvalue weighted by atomic mass is 10.1. The van der Waals surface area contributed by atoms with Gasteiger partial charge in [-0.05, 0) is 43.9 Å². The van der Waals surface area contributed by atoms with Gasteiger partial charge in [-0.15, -0.1) is 0 Å². The first kappa shape index (κ1) is 22.5. The second-order valence-electron chi connectivity index (χ2n) is 6.29. The number of amides is 1. The smallest absolute Gasteiger partial charge is 0.310 e. The summed E-state index contributed by atoms with van der Waals surface area (Å²) in [6, 6.07) is 7.67. The Kier molecular flexibility index (Phi) is 11.0. The minimum atomic E-state index is -0.340. The Balaban J connectivity index is 2.52. The molecule has 0 fully saturated rings. The lowest BCUT2D eigenvalue weighted by molar-refractivity contribution is -0.146. The van der Waals surface area contributed by atoms with Crippen LogP contribution in [0, 0.1) is 5.92 Å². The number of nitrogens with zero attached hydrogens (tertiary/aromatic N) is 1. The predicted octanol–water partition coefficient (Wildman–Crippen LogP) is 3.73. The molecule has 1 unspecified atom stereocenters. The van der Waals surface area contributed by atoms with E-state index in [1.165, 1.54) is 7.11 Å². The van der Waals surface area contributed by atoms with Crippen LogP contribution in [-0.4, -0.2) is 50.2 Å². The van der Waals surface area contributed by atoms with Crippen molar-refractivity contribution < 1.29 is 19.1 Å². The third kappa shape index (κ3) is 8.68. The zero-order chi connectivity index (χ0) is 19.4. The molecule has 1 atom stereocenters. The summed E-state index contributed by atoms with van der Waals surface area (Å²) in [5.74, 6) is -0.577. The van der Waals surface area contributed by atoms with Gasteiger partial charge in [0.25, 0.3) is 0 Å². The Hall–Kier alpha value is -1.59. The van der Waals surface area contributed by atoms with E-state index in [-0.39, 0.29) is 17.8 Å². The molecular weight excluding hydrogens is 354 g/mol. The summed E-state index contributed by atoms with van der Waals surface area (Å²) in [4.78, 5) is 26.0. The van der Waals surface area contributed by atoms with Crippen molar-refractivity contribution in [3.05, 3.63) is 34.9 Å². The van der Waals surface area contributed by atoms with Crippen LogP contribution in [0.25, 0.3) is 0 Å². The number of esters is 1. The maximum atomic E-state index is 12.6. The van der Waals surface area contributed by atoms with Crippen molar-refractivity contribution in [1.82, 2.24) is 4.90 Å². The minimum absolute atomic E-state index is 0.0613. The molecule has 1 amide bonds. The molecule has 146 valence electrons. The number of rotatable bonds is 12. The topological polar surface area (TPSA) is 55.8 Å². The summed E-state index contributed by atoms with van der Waals surface area (Å²) in [6.07, 6.45) is 2.78. The molecule has 0 N–H and O–H groups in total. The first-order valence-corrected chi connectivity index (χ1v) is 9.53. The molecule has 0 radical (unpaired) electrons. The molecule has 0 aliphatic heterocycles. The number of hydrogen-bond acceptors (Lipinski definition) is 4. The van der Waals surface area contributed by atoms with E-state index >= 15 is 0 Å². The van der Waals surface area contributed by atoms with Crippen LogP contribution in [0.4, 0.5) is 0 Å². The molecule has 0 aromatic heterocycles. The molecule has 1 aromatic carbocycles. The zero-order valence-electron chi connectivity index (χ0n) is 16.0. The molecule has 5 nitrogen and oxygen atoms in total. The van der Waals surface area contributed by atoms with Gasteiger partial charge in [0, 0.05) is 37.7 Å². The van der Waals surface area contributed by atoms with Crippen molar-refractivity contribution in [2.45, 2.75) is 39.5 Å². The number of methoxy groups -OCH3 is 1. The van der Waals surface area contributed by atoms with E-state index < -0.39 is 0 Å². The van der Waals surface area contributed by atoms with Gasteiger partial charge < -0.3 is 14.4 Å². The van der Waals surface area contributed by atoms with E-state index in [0.717, 1.165) is 24.8 Å². The molecule has 0 saturated carbocycles. The molecule has 0 aliphatic carbocycles. The highest BCUT2D eigenvalue weighted by Gasteiger charge is 2.21. The fourth-order valence-corrected chi connectivity index (χ4v) is 2.80. The monoisotopic (exact) mass is 383 g/mol. The van der Waals surface area contributed by atoms with Crippen LogP contribution < -0.4 is 0 Å². The van der Waals surface area contributed by atoms with Gasteiger partial charge in [-0.2, -0.15) is 0 Å². The third-order valence-corrected chi connectivity index (χ3v) is 4.39. The molecule has 26 heavy (non-hydrogen) atoms. The Labute approximate surface area is 161 Å². The predicted molar refractivity (Wildman–Crippen MR) is 103 cm³/mol. The van der Waals surface area contributed by atoms with E-state index in [9.17, 15) is 9.59 Å². The summed E-state index contributed by atoms with van der Waals surface area (Å²) >= 11 is 5.89. The van der Waals surface area contributed by atoms with Crippen molar-refractivity contribution in [2.24, 2.45) is 5.92 Å². The van der Waals surface area contributed by atoms with Gasteiger partial charge in [-0.1, -0.05) is 30.7 Å². The van der Waals surface area contributed by atoms with Crippen LogP contribution in [0.15, 0.2) is 24.3 Å². The molecule has 0 saturated heterocycles. The summed E-state index contributed by atoms with van der Waals surface area (Å²) in [5.41, 5.74) is 1.16. The fraction of sp³-hybridized carbons (Fsp3) is 0.600. The van der Waals surface area contributed by atoms with Gasteiger partial charge in [0.15, 0.2) is 0 Å². The zero-order valence-corrected chi connectivity index (χ0v) is 16.8. The van der Waals surface area contributed by atoms with Crippen LogP contribution in [0.3, 0.4) is 0 Å². The highest BCUT2D eigenvalue weighted by molar-refractivity contribution is 6.30. The fourth-order valence-electron chi connectivity index (χ4n) is 2.68. The molecule has 0 spiro atoms. The van der Waals surface area contributed by atoms with Crippen molar-refractivity contribution in [3.63, 3.8) is 0 Å². The summed E-state index contributed by atoms with van der Waals surface area (Å²) in [6.45, 7) is 5.95. The van der Waals surface area contributed by atoms with E-state index in [0.29, 0.717) is 37.7 Å². The van der Waals surface area contributed by atoms with Crippen LogP contribution in [0.1, 0.15) is 38.7 Å². The lowest BCUT2D eigenvalue weighted by Gasteiger charge is -2.25. The molecule has 1 rings (SSSR count). The standard InChI is InChI=1S/C20H30ClNO4/c1-4-26-14-6-13-22(15-16(2)20(24)25-3)19(23)8-5-7-17-9-11-18(21)12-10-17/h9-12,16H,4-8,13-15H2,1-3H3. The maximum Gasteiger partial charge on any atom is 0.310 e. The van der Waals surface area contributed by atoms with E-state index in [1.807, 2.05) is 31.2 Å². The van der Waals surface area contributed by atoms with Gasteiger partial charge in [-0.25, -0.2) is 0 Å². The van der Waals surface area contributed by atoms with Crippen LogP contribution in [0.2, 0.25) is 5.02 Å². The molecule has 6 heteroatoms. The summed E-state index contributed by atoms with van der Waals surface area (Å²) < 4.78 is 10.1. The second-order valence-corrected chi connectivity index (χ2v) is 6.73. The SMILES string of the molecule is CCOCCCN(CC(C)C(=O)OC)C(=O)CCCc1ccc(Cl)cc1. The lowest BCUT2D eigenvalue weighted by Crippen LogP contribution is -2.38. The van der Waals surface area contributed by atoms with E-state index in [2.05, 4.69) is 0 Å². The normalized spacial score (nSPS) is 11.8. The Morgan fingerprint density at radius 1 is 1.19 bits per heavy atom. The Morgan fingerprint density at radius 3 is 2.50 bits per heavy atom. The average molecular weight is 384 g/mol. The third-order valence-electron chi connectivity index (χ3n) is 4.14. The number of halogens is 1. The highest BCUT2D eigenvalue weighted by atomic mass is 35.5. The van der Waals surface area contributed by atoms with Crippen molar-refractivity contribution in [3.8, 4) is 0 Å². The van der Waals surface area contributed by atoms with E-state index in [4.69, 9.17) is 21.1 Å². The highest BCUT2D eigenvalue weighted by Crippen LogP contribution is 2.13.